The van der Waals surface area contributed by atoms with Gasteiger partial charge in [0.15, 0.2) is 0 Å². The predicted molar refractivity (Wildman–Crippen MR) is 136 cm³/mol. The minimum Gasteiger partial charge on any atom is -0.352 e. The molecule has 0 saturated carbocycles. The molecule has 5 heteroatoms. The fourth-order valence-electron chi connectivity index (χ4n) is 3.94. The van der Waals surface area contributed by atoms with Gasteiger partial charge < -0.3 is 9.88 Å². The smallest absolute Gasteiger partial charge is 0.251 e. The second-order valence-electron chi connectivity index (χ2n) is 9.42. The highest BCUT2D eigenvalue weighted by Crippen LogP contribution is 2.24. The van der Waals surface area contributed by atoms with Crippen molar-refractivity contribution >= 4 is 28.5 Å². The fourth-order valence-corrected chi connectivity index (χ4v) is 4.06. The first-order valence-corrected chi connectivity index (χ1v) is 11.8. The van der Waals surface area contributed by atoms with E-state index in [1.165, 1.54) is 11.1 Å². The van der Waals surface area contributed by atoms with Gasteiger partial charge in [-0.2, -0.15) is 0 Å². The van der Waals surface area contributed by atoms with Crippen LogP contribution in [0.2, 0.25) is 5.02 Å². The Hall–Kier alpha value is -3.11. The average Bonchev–Trinajstić information content (AvgIpc) is 3.14. The van der Waals surface area contributed by atoms with Crippen molar-refractivity contribution in [1.82, 2.24) is 14.9 Å². The van der Waals surface area contributed by atoms with E-state index in [-0.39, 0.29) is 11.3 Å². The SMILES string of the molecule is CC(C)(C)c1ccc(Cn2c(CCCNC(=O)c3ccc(Cl)cc3)nc3ccccc32)cc1. The Bertz CT molecular complexity index is 1240. The number of nitrogens with one attached hydrogen (secondary N) is 1. The van der Waals surface area contributed by atoms with Gasteiger partial charge in [-0.15, -0.1) is 0 Å². The number of halogens is 1. The number of imidazole rings is 1. The molecule has 0 aliphatic rings. The van der Waals surface area contributed by atoms with Gasteiger partial charge in [-0.05, 0) is 59.4 Å². The Kier molecular flexibility index (Phi) is 6.85. The molecule has 0 aliphatic heterocycles. The Labute approximate surface area is 200 Å². The van der Waals surface area contributed by atoms with Crippen molar-refractivity contribution in [3.05, 3.63) is 100 Å². The number of aryl methyl sites for hydroxylation is 1. The zero-order valence-corrected chi connectivity index (χ0v) is 20.2. The van der Waals surface area contributed by atoms with Crippen LogP contribution in [-0.4, -0.2) is 22.0 Å². The maximum Gasteiger partial charge on any atom is 0.251 e. The largest absolute Gasteiger partial charge is 0.352 e. The molecule has 0 spiro atoms. The van der Waals surface area contributed by atoms with Gasteiger partial charge in [-0.3, -0.25) is 4.79 Å². The van der Waals surface area contributed by atoms with Crippen LogP contribution in [0.3, 0.4) is 0 Å². The number of amides is 1. The summed E-state index contributed by atoms with van der Waals surface area (Å²) in [6.45, 7) is 8.06. The number of para-hydroxylation sites is 2. The summed E-state index contributed by atoms with van der Waals surface area (Å²) >= 11 is 5.90. The van der Waals surface area contributed by atoms with Gasteiger partial charge in [0.05, 0.1) is 11.0 Å². The fraction of sp³-hybridized carbons (Fsp3) is 0.286. The Morgan fingerprint density at radius 2 is 1.67 bits per heavy atom. The quantitative estimate of drug-likeness (QED) is 0.325. The van der Waals surface area contributed by atoms with Crippen molar-refractivity contribution in [3.8, 4) is 0 Å². The lowest BCUT2D eigenvalue weighted by Gasteiger charge is -2.19. The first-order valence-electron chi connectivity index (χ1n) is 11.4. The molecule has 1 aromatic heterocycles. The van der Waals surface area contributed by atoms with E-state index in [2.05, 4.69) is 73.1 Å². The summed E-state index contributed by atoms with van der Waals surface area (Å²) in [4.78, 5) is 17.2. The van der Waals surface area contributed by atoms with Crippen LogP contribution in [0.1, 0.15) is 54.5 Å². The van der Waals surface area contributed by atoms with Crippen LogP contribution in [0, 0.1) is 0 Å². The van der Waals surface area contributed by atoms with Crippen molar-refractivity contribution in [1.29, 1.82) is 0 Å². The molecule has 0 bridgehead atoms. The van der Waals surface area contributed by atoms with Crippen LogP contribution in [0.15, 0.2) is 72.8 Å². The number of hydrogen-bond acceptors (Lipinski definition) is 2. The first kappa shape index (κ1) is 23.1. The normalized spacial score (nSPS) is 11.6. The third-order valence-corrected chi connectivity index (χ3v) is 6.12. The van der Waals surface area contributed by atoms with Crippen LogP contribution in [0.5, 0.6) is 0 Å². The standard InChI is InChI=1S/C28H30ClN3O/c1-28(2,3)22-14-10-20(11-15-22)19-32-25-8-5-4-7-24(25)31-26(32)9-6-18-30-27(33)21-12-16-23(29)17-13-21/h4-5,7-8,10-17H,6,9,18-19H2,1-3H3,(H,30,33). The van der Waals surface area contributed by atoms with E-state index in [4.69, 9.17) is 16.6 Å². The maximum absolute atomic E-state index is 12.3. The van der Waals surface area contributed by atoms with E-state index in [1.807, 2.05) is 6.07 Å². The summed E-state index contributed by atoms with van der Waals surface area (Å²) in [6, 6.07) is 24.1. The molecular weight excluding hydrogens is 430 g/mol. The van der Waals surface area contributed by atoms with Gasteiger partial charge in [-0.25, -0.2) is 4.98 Å². The van der Waals surface area contributed by atoms with Gasteiger partial charge in [0.2, 0.25) is 0 Å². The molecule has 3 aromatic carbocycles. The van der Waals surface area contributed by atoms with E-state index in [9.17, 15) is 4.79 Å². The molecule has 0 radical (unpaired) electrons. The summed E-state index contributed by atoms with van der Waals surface area (Å²) in [5.41, 5.74) is 5.48. The predicted octanol–water partition coefficient (Wildman–Crippen LogP) is 6.40. The number of carbonyl (C=O) groups excluding carboxylic acids is 1. The molecule has 1 amide bonds. The third kappa shape index (κ3) is 5.63. The van der Waals surface area contributed by atoms with Crippen LogP contribution >= 0.6 is 11.6 Å². The van der Waals surface area contributed by atoms with E-state index in [1.54, 1.807) is 24.3 Å². The molecule has 4 aromatic rings. The lowest BCUT2D eigenvalue weighted by atomic mass is 9.87. The molecular formula is C28H30ClN3O. The molecule has 4 rings (SSSR count). The minimum atomic E-state index is -0.0842. The summed E-state index contributed by atoms with van der Waals surface area (Å²) < 4.78 is 2.29. The third-order valence-electron chi connectivity index (χ3n) is 5.86. The second kappa shape index (κ2) is 9.80. The van der Waals surface area contributed by atoms with Crippen molar-refractivity contribution in [2.24, 2.45) is 0 Å². The number of fused-ring (bicyclic) bond motifs is 1. The number of benzene rings is 3. The van der Waals surface area contributed by atoms with Gasteiger partial charge in [0, 0.05) is 30.1 Å². The van der Waals surface area contributed by atoms with Crippen molar-refractivity contribution in [3.63, 3.8) is 0 Å². The summed E-state index contributed by atoms with van der Waals surface area (Å²) in [5, 5.41) is 3.62. The monoisotopic (exact) mass is 459 g/mol. The van der Waals surface area contributed by atoms with E-state index in [0.29, 0.717) is 17.1 Å². The van der Waals surface area contributed by atoms with Crippen LogP contribution in [-0.2, 0) is 18.4 Å². The summed E-state index contributed by atoms with van der Waals surface area (Å²) in [6.07, 6.45) is 1.60. The highest BCUT2D eigenvalue weighted by Gasteiger charge is 2.14. The van der Waals surface area contributed by atoms with Gasteiger partial charge in [-0.1, -0.05) is 68.8 Å². The highest BCUT2D eigenvalue weighted by atomic mass is 35.5. The molecule has 33 heavy (non-hydrogen) atoms. The molecule has 0 saturated heterocycles. The number of hydrogen-bond donors (Lipinski definition) is 1. The first-order chi connectivity index (χ1) is 15.8. The molecule has 4 nitrogen and oxygen atoms in total. The number of nitrogens with zero attached hydrogens (tertiary/aromatic N) is 2. The molecule has 0 aliphatic carbocycles. The van der Waals surface area contributed by atoms with Crippen molar-refractivity contribution in [2.75, 3.05) is 6.54 Å². The lowest BCUT2D eigenvalue weighted by Crippen LogP contribution is -2.25. The van der Waals surface area contributed by atoms with E-state index in [0.717, 1.165) is 36.2 Å². The van der Waals surface area contributed by atoms with Gasteiger partial charge in [0.1, 0.15) is 5.82 Å². The number of aromatic nitrogens is 2. The highest BCUT2D eigenvalue weighted by molar-refractivity contribution is 6.30. The Morgan fingerprint density at radius 1 is 0.970 bits per heavy atom. The maximum atomic E-state index is 12.3. The summed E-state index contributed by atoms with van der Waals surface area (Å²) in [7, 11) is 0. The molecule has 0 unspecified atom stereocenters. The molecule has 1 heterocycles. The second-order valence-corrected chi connectivity index (χ2v) is 9.85. The van der Waals surface area contributed by atoms with Gasteiger partial charge in [0.25, 0.3) is 5.91 Å². The van der Waals surface area contributed by atoms with E-state index >= 15 is 0 Å². The van der Waals surface area contributed by atoms with Crippen molar-refractivity contribution < 1.29 is 4.79 Å². The Morgan fingerprint density at radius 3 is 2.36 bits per heavy atom. The number of carbonyl (C=O) groups is 1. The molecule has 0 fully saturated rings. The lowest BCUT2D eigenvalue weighted by molar-refractivity contribution is 0.0953. The van der Waals surface area contributed by atoms with Gasteiger partial charge >= 0.3 is 0 Å². The van der Waals surface area contributed by atoms with E-state index < -0.39 is 0 Å². The topological polar surface area (TPSA) is 46.9 Å². The molecule has 1 N–H and O–H groups in total. The minimum absolute atomic E-state index is 0.0842. The molecule has 0 atom stereocenters. The zero-order chi connectivity index (χ0) is 23.4. The molecule has 170 valence electrons. The van der Waals surface area contributed by atoms with Crippen LogP contribution < -0.4 is 5.32 Å². The van der Waals surface area contributed by atoms with Crippen LogP contribution in [0.25, 0.3) is 11.0 Å². The van der Waals surface area contributed by atoms with Crippen LogP contribution in [0.4, 0.5) is 0 Å². The summed E-state index contributed by atoms with van der Waals surface area (Å²) in [5.74, 6) is 0.955. The average molecular weight is 460 g/mol. The zero-order valence-electron chi connectivity index (χ0n) is 19.4. The van der Waals surface area contributed by atoms with Crippen molar-refractivity contribution in [2.45, 2.75) is 45.6 Å². The Balaban J connectivity index is 1.45. The number of rotatable bonds is 7.